The lowest BCUT2D eigenvalue weighted by Crippen LogP contribution is -2.42. The Balaban J connectivity index is 1.76. The van der Waals surface area contributed by atoms with E-state index >= 15 is 0 Å². The number of aliphatic hydroxyl groups is 1. The van der Waals surface area contributed by atoms with Crippen LogP contribution in [0.25, 0.3) is 5.65 Å². The van der Waals surface area contributed by atoms with E-state index in [0.717, 1.165) is 6.33 Å². The number of nitrogens with zero attached hydrogens (tertiary/aromatic N) is 4. The molecule has 5 atom stereocenters. The van der Waals surface area contributed by atoms with E-state index in [0.29, 0.717) is 5.69 Å². The number of terminal acetylenes is 1. The maximum absolute atomic E-state index is 12.0. The number of aliphatic hydroxyl groups excluding tert-OH is 1. The topological polar surface area (TPSA) is 258 Å². The second kappa shape index (κ2) is 8.54. The van der Waals surface area contributed by atoms with Gasteiger partial charge in [0, 0.05) is 6.42 Å². The van der Waals surface area contributed by atoms with E-state index in [-0.39, 0.29) is 17.9 Å². The highest BCUT2D eigenvalue weighted by Gasteiger charge is 2.51. The van der Waals surface area contributed by atoms with Crippen molar-refractivity contribution < 1.29 is 56.3 Å². The second-order valence-corrected chi connectivity index (χ2v) is 10.7. The molecule has 1 fully saturated rings. The Bertz CT molecular complexity index is 1210. The van der Waals surface area contributed by atoms with Gasteiger partial charge < -0.3 is 35.2 Å². The first-order valence-corrected chi connectivity index (χ1v) is 12.8. The molecule has 0 saturated carbocycles. The van der Waals surface area contributed by atoms with Crippen LogP contribution < -0.4 is 5.73 Å². The Morgan fingerprint density at radius 1 is 1.25 bits per heavy atom. The third kappa shape index (κ3) is 5.41. The number of aromatic nitrogens is 4. The molecule has 0 radical (unpaired) electrons. The number of nitrogens with two attached hydrogens (primary N) is 1. The van der Waals surface area contributed by atoms with Crippen LogP contribution >= 0.6 is 23.5 Å². The molecule has 0 spiro atoms. The van der Waals surface area contributed by atoms with Gasteiger partial charge in [-0.25, -0.2) is 28.2 Å². The molecule has 17 nitrogen and oxygen atoms in total. The monoisotopic (exact) mass is 515 g/mol. The average Bonchev–Trinajstić information content (AvgIpc) is 3.19. The molecule has 1 aliphatic rings. The number of nitrogen functional groups attached to an aromatic ring is 1. The van der Waals surface area contributed by atoms with Crippen LogP contribution in [0.4, 0.5) is 5.82 Å². The number of phosphoric ester groups is 1. The zero-order valence-corrected chi connectivity index (χ0v) is 18.3. The Hall–Kier alpha value is -1.76. The molecule has 1 saturated heterocycles. The molecular formula is C12H16N5O12P3. The Morgan fingerprint density at radius 2 is 1.94 bits per heavy atom. The SMILES string of the molecule is C#C[C@]1(COP(=O)(O)OP(=O)(O)OP(=O)(O)O)O[C@@H](c2cnc3c(N)ncnn23)C[C@@H]1O. The highest BCUT2D eigenvalue weighted by Crippen LogP contribution is 2.66. The minimum atomic E-state index is -5.72. The fourth-order valence-electron chi connectivity index (χ4n) is 2.81. The molecule has 3 heterocycles. The summed E-state index contributed by atoms with van der Waals surface area (Å²) in [5.41, 5.74) is 4.19. The van der Waals surface area contributed by atoms with E-state index in [2.05, 4.69) is 34.1 Å². The summed E-state index contributed by atoms with van der Waals surface area (Å²) in [5.74, 6) is 2.16. The smallest absolute Gasteiger partial charge is 0.389 e. The zero-order valence-electron chi connectivity index (χ0n) is 15.6. The number of phosphoric acid groups is 3. The lowest BCUT2D eigenvalue weighted by atomic mass is 9.98. The molecule has 0 amide bonds. The number of anilines is 1. The van der Waals surface area contributed by atoms with Gasteiger partial charge in [0.05, 0.1) is 18.0 Å². The maximum Gasteiger partial charge on any atom is 0.490 e. The quantitative estimate of drug-likeness (QED) is 0.186. The molecule has 3 rings (SSSR count). The van der Waals surface area contributed by atoms with E-state index in [1.807, 2.05) is 0 Å². The van der Waals surface area contributed by atoms with Gasteiger partial charge in [0.15, 0.2) is 17.1 Å². The minimum absolute atomic E-state index is 0.0701. The Kier molecular flexibility index (Phi) is 6.64. The summed E-state index contributed by atoms with van der Waals surface area (Å²) in [6.07, 6.45) is 5.38. The first-order valence-electron chi connectivity index (χ1n) is 8.23. The number of imidazole rings is 1. The van der Waals surface area contributed by atoms with Crippen LogP contribution in [0.5, 0.6) is 0 Å². The first-order chi connectivity index (χ1) is 14.7. The largest absolute Gasteiger partial charge is 0.490 e. The fraction of sp³-hybridized carbons (Fsp3) is 0.417. The van der Waals surface area contributed by atoms with Gasteiger partial charge in [0.1, 0.15) is 19.0 Å². The summed E-state index contributed by atoms with van der Waals surface area (Å²) in [5, 5.41) is 14.4. The van der Waals surface area contributed by atoms with Crippen molar-refractivity contribution in [3.8, 4) is 12.3 Å². The third-order valence-corrected chi connectivity index (χ3v) is 7.90. The van der Waals surface area contributed by atoms with Crippen LogP contribution in [-0.2, 0) is 31.6 Å². The van der Waals surface area contributed by atoms with Crippen LogP contribution in [-0.4, -0.2) is 62.6 Å². The molecule has 20 heteroatoms. The number of hydrogen-bond acceptors (Lipinski definition) is 12. The normalized spacial score (nSPS) is 27.6. The van der Waals surface area contributed by atoms with E-state index in [4.69, 9.17) is 26.7 Å². The van der Waals surface area contributed by atoms with Crippen molar-refractivity contribution in [3.63, 3.8) is 0 Å². The highest BCUT2D eigenvalue weighted by molar-refractivity contribution is 7.66. The van der Waals surface area contributed by atoms with E-state index in [1.165, 1.54) is 10.7 Å². The van der Waals surface area contributed by atoms with Gasteiger partial charge in [0.2, 0.25) is 0 Å². The van der Waals surface area contributed by atoms with Gasteiger partial charge in [-0.05, 0) is 0 Å². The maximum atomic E-state index is 12.0. The number of hydrogen-bond donors (Lipinski definition) is 6. The van der Waals surface area contributed by atoms with Crippen LogP contribution in [0.2, 0.25) is 0 Å². The van der Waals surface area contributed by atoms with Crippen LogP contribution in [0.15, 0.2) is 12.5 Å². The van der Waals surface area contributed by atoms with Gasteiger partial charge in [-0.2, -0.15) is 13.7 Å². The number of fused-ring (bicyclic) bond motifs is 1. The molecule has 0 bridgehead atoms. The van der Waals surface area contributed by atoms with E-state index in [9.17, 15) is 28.6 Å². The van der Waals surface area contributed by atoms with Crippen molar-refractivity contribution in [2.24, 2.45) is 0 Å². The van der Waals surface area contributed by atoms with Crippen molar-refractivity contribution in [1.29, 1.82) is 0 Å². The average molecular weight is 515 g/mol. The summed E-state index contributed by atoms with van der Waals surface area (Å²) >= 11 is 0. The molecule has 2 unspecified atom stereocenters. The van der Waals surface area contributed by atoms with Gasteiger partial charge in [-0.15, -0.1) is 6.42 Å². The molecule has 2 aromatic heterocycles. The molecule has 2 aromatic rings. The lowest BCUT2D eigenvalue weighted by Gasteiger charge is -2.27. The van der Waals surface area contributed by atoms with Gasteiger partial charge in [-0.1, -0.05) is 5.92 Å². The number of ether oxygens (including phenoxy) is 1. The summed E-state index contributed by atoms with van der Waals surface area (Å²) in [6, 6.07) is 0. The van der Waals surface area contributed by atoms with Crippen LogP contribution in [0.1, 0.15) is 18.2 Å². The third-order valence-electron chi connectivity index (χ3n) is 4.12. The van der Waals surface area contributed by atoms with Gasteiger partial charge in [0.25, 0.3) is 0 Å². The van der Waals surface area contributed by atoms with Crippen molar-refractivity contribution in [1.82, 2.24) is 19.6 Å². The van der Waals surface area contributed by atoms with Crippen LogP contribution in [0.3, 0.4) is 0 Å². The Morgan fingerprint density at radius 3 is 2.56 bits per heavy atom. The van der Waals surface area contributed by atoms with Gasteiger partial charge >= 0.3 is 23.5 Å². The van der Waals surface area contributed by atoms with E-state index < -0.39 is 47.9 Å². The second-order valence-electron chi connectivity index (χ2n) is 6.32. The standard InChI is InChI=1S/C12H16N5O12P3/c1-2-12(5-26-31(22,23)29-32(24,25)28-30(19,20)21)9(18)3-8(27-12)7-4-14-11-10(13)15-6-16-17(7)11/h1,4,6,8-9,18H,3,5H2,(H,22,23)(H,24,25)(H2,13,15,16)(H2,19,20,21)/t8-,9+,12-/m1/s1. The molecule has 0 aromatic carbocycles. The molecule has 0 aliphatic carbocycles. The van der Waals surface area contributed by atoms with Crippen molar-refractivity contribution in [3.05, 3.63) is 18.2 Å². The molecule has 1 aliphatic heterocycles. The summed E-state index contributed by atoms with van der Waals surface area (Å²) in [7, 11) is -16.8. The molecule has 176 valence electrons. The fourth-order valence-corrected chi connectivity index (χ4v) is 5.86. The van der Waals surface area contributed by atoms with Crippen molar-refractivity contribution >= 4 is 34.9 Å². The predicted molar refractivity (Wildman–Crippen MR) is 101 cm³/mol. The summed E-state index contributed by atoms with van der Waals surface area (Å²) in [4.78, 5) is 43.7. The van der Waals surface area contributed by atoms with Crippen molar-refractivity contribution in [2.75, 3.05) is 12.3 Å². The van der Waals surface area contributed by atoms with Crippen molar-refractivity contribution in [2.45, 2.75) is 24.2 Å². The summed E-state index contributed by atoms with van der Waals surface area (Å²) in [6.45, 7) is -1.03. The first kappa shape index (κ1) is 24.9. The minimum Gasteiger partial charge on any atom is -0.389 e. The van der Waals surface area contributed by atoms with E-state index in [1.54, 1.807) is 0 Å². The molecule has 7 N–H and O–H groups in total. The molecular weight excluding hydrogens is 499 g/mol. The molecule has 32 heavy (non-hydrogen) atoms. The van der Waals surface area contributed by atoms with Gasteiger partial charge in [-0.3, -0.25) is 4.52 Å². The number of rotatable bonds is 8. The Labute approximate surface area is 178 Å². The highest BCUT2D eigenvalue weighted by atomic mass is 31.3. The van der Waals surface area contributed by atoms with Crippen LogP contribution in [0, 0.1) is 12.3 Å². The zero-order chi connectivity index (χ0) is 23.9. The lowest BCUT2D eigenvalue weighted by molar-refractivity contribution is -0.0716. The summed E-state index contributed by atoms with van der Waals surface area (Å²) < 4.78 is 52.7. The predicted octanol–water partition coefficient (Wildman–Crippen LogP) is -0.756.